The molecule has 1 fully saturated rings. The van der Waals surface area contributed by atoms with E-state index in [9.17, 15) is 9.59 Å². The second kappa shape index (κ2) is 9.93. The maximum Gasteiger partial charge on any atom is 0.277 e. The van der Waals surface area contributed by atoms with Crippen molar-refractivity contribution in [2.75, 3.05) is 4.90 Å². The van der Waals surface area contributed by atoms with Crippen LogP contribution in [-0.4, -0.2) is 32.8 Å². The van der Waals surface area contributed by atoms with E-state index in [4.69, 9.17) is 0 Å². The highest BCUT2D eigenvalue weighted by Gasteiger charge is 2.35. The summed E-state index contributed by atoms with van der Waals surface area (Å²) >= 11 is 0. The van der Waals surface area contributed by atoms with Gasteiger partial charge >= 0.3 is 0 Å². The number of rotatable bonds is 6. The molecule has 3 aromatic heterocycles. The molecular weight excluding hydrogens is 390 g/mol. The number of aromatic nitrogens is 3. The quantitative estimate of drug-likeness (QED) is 0.663. The topological polar surface area (TPSA) is 88.1 Å². The molecule has 2 amide bonds. The predicted molar refractivity (Wildman–Crippen MR) is 117 cm³/mol. The van der Waals surface area contributed by atoms with Gasteiger partial charge in [0.05, 0.1) is 11.9 Å². The fraction of sp³-hybridized carbons (Fsp3) is 0.292. The van der Waals surface area contributed by atoms with Crippen LogP contribution < -0.4 is 10.2 Å². The Hall–Kier alpha value is -3.61. The van der Waals surface area contributed by atoms with Crippen molar-refractivity contribution in [1.82, 2.24) is 20.3 Å². The highest BCUT2D eigenvalue weighted by atomic mass is 16.2. The summed E-state index contributed by atoms with van der Waals surface area (Å²) in [5, 5.41) is 3.18. The molecule has 0 saturated heterocycles. The van der Waals surface area contributed by atoms with Gasteiger partial charge < -0.3 is 5.32 Å². The molecule has 0 bridgehead atoms. The smallest absolute Gasteiger partial charge is 0.277 e. The molecule has 1 N–H and O–H groups in total. The number of pyridine rings is 3. The minimum atomic E-state index is -0.872. The first-order valence-electron chi connectivity index (χ1n) is 10.6. The summed E-state index contributed by atoms with van der Waals surface area (Å²) in [5.74, 6) is -0.583. The lowest BCUT2D eigenvalue weighted by Crippen LogP contribution is -2.47. The number of carbonyl (C=O) groups excluding carboxylic acids is 2. The van der Waals surface area contributed by atoms with E-state index < -0.39 is 6.04 Å². The summed E-state index contributed by atoms with van der Waals surface area (Å²) in [6, 6.07) is 11.4. The van der Waals surface area contributed by atoms with Gasteiger partial charge in [0.25, 0.3) is 5.91 Å². The lowest BCUT2D eigenvalue weighted by atomic mass is 9.94. The number of hydrogen-bond donors (Lipinski definition) is 1. The Kier molecular flexibility index (Phi) is 6.62. The zero-order valence-corrected chi connectivity index (χ0v) is 17.2. The van der Waals surface area contributed by atoms with Crippen molar-refractivity contribution in [3.05, 3.63) is 84.7 Å². The van der Waals surface area contributed by atoms with Crippen LogP contribution in [0.4, 0.5) is 5.69 Å². The fourth-order valence-electron chi connectivity index (χ4n) is 3.98. The monoisotopic (exact) mass is 415 g/mol. The van der Waals surface area contributed by atoms with Gasteiger partial charge in [-0.3, -0.25) is 29.4 Å². The summed E-state index contributed by atoms with van der Waals surface area (Å²) in [4.78, 5) is 41.1. The van der Waals surface area contributed by atoms with Gasteiger partial charge in [-0.2, -0.15) is 0 Å². The Morgan fingerprint density at radius 2 is 1.71 bits per heavy atom. The summed E-state index contributed by atoms with van der Waals surface area (Å²) in [7, 11) is 0. The van der Waals surface area contributed by atoms with Crippen molar-refractivity contribution in [3.63, 3.8) is 0 Å². The zero-order chi connectivity index (χ0) is 21.5. The minimum absolute atomic E-state index is 0.117. The molecule has 0 spiro atoms. The summed E-state index contributed by atoms with van der Waals surface area (Å²) in [5.41, 5.74) is 1.46. The highest BCUT2D eigenvalue weighted by molar-refractivity contribution is 6.09. The Morgan fingerprint density at radius 3 is 2.39 bits per heavy atom. The number of nitrogens with one attached hydrogen (secondary N) is 1. The van der Waals surface area contributed by atoms with E-state index in [1.807, 2.05) is 0 Å². The Bertz CT molecular complexity index is 992. The SMILES string of the molecule is O=C(NC1CCCCC1)C(c1ccncc1)N(C(=O)c1ccccn1)c1cccnc1. The standard InChI is InChI=1S/C24H25N5O2/c30-23(28-19-7-2-1-3-8-19)22(18-11-15-25-16-12-18)29(20-9-6-13-26-17-20)24(31)21-10-4-5-14-27-21/h4-6,9-17,19,22H,1-3,7-8H2,(H,28,30). The third-order valence-corrected chi connectivity index (χ3v) is 5.51. The van der Waals surface area contributed by atoms with Crippen molar-refractivity contribution in [3.8, 4) is 0 Å². The molecule has 0 radical (unpaired) electrons. The largest absolute Gasteiger partial charge is 0.351 e. The van der Waals surface area contributed by atoms with Crippen LogP contribution in [0, 0.1) is 0 Å². The molecular formula is C24H25N5O2. The van der Waals surface area contributed by atoms with E-state index in [0.29, 0.717) is 11.3 Å². The molecule has 7 heteroatoms. The summed E-state index contributed by atoms with van der Waals surface area (Å²) in [6.07, 6.45) is 13.4. The molecule has 4 rings (SSSR count). The first kappa shape index (κ1) is 20.7. The molecule has 3 heterocycles. The van der Waals surface area contributed by atoms with Crippen molar-refractivity contribution >= 4 is 17.5 Å². The molecule has 1 atom stereocenters. The van der Waals surface area contributed by atoms with E-state index in [1.165, 1.54) is 11.3 Å². The van der Waals surface area contributed by atoms with Gasteiger partial charge in [-0.05, 0) is 54.8 Å². The highest BCUT2D eigenvalue weighted by Crippen LogP contribution is 2.29. The Morgan fingerprint density at radius 1 is 0.903 bits per heavy atom. The molecule has 0 aromatic carbocycles. The van der Waals surface area contributed by atoms with Crippen LogP contribution in [0.3, 0.4) is 0 Å². The van der Waals surface area contributed by atoms with E-state index in [1.54, 1.807) is 73.4 Å². The molecule has 158 valence electrons. The summed E-state index contributed by atoms with van der Waals surface area (Å²) < 4.78 is 0. The van der Waals surface area contributed by atoms with E-state index in [2.05, 4.69) is 20.3 Å². The average Bonchev–Trinajstić information content (AvgIpc) is 2.84. The number of anilines is 1. The molecule has 1 saturated carbocycles. The number of nitrogens with zero attached hydrogens (tertiary/aromatic N) is 4. The van der Waals surface area contributed by atoms with Gasteiger partial charge in [-0.15, -0.1) is 0 Å². The molecule has 1 aliphatic rings. The van der Waals surface area contributed by atoms with Crippen LogP contribution in [-0.2, 0) is 4.79 Å². The van der Waals surface area contributed by atoms with Gasteiger partial charge in [0.1, 0.15) is 11.7 Å². The van der Waals surface area contributed by atoms with Crippen LogP contribution in [0.1, 0.15) is 54.2 Å². The van der Waals surface area contributed by atoms with Gasteiger partial charge in [-0.25, -0.2) is 0 Å². The Labute approximate surface area is 181 Å². The zero-order valence-electron chi connectivity index (χ0n) is 17.2. The van der Waals surface area contributed by atoms with Gasteiger partial charge in [0, 0.05) is 30.8 Å². The van der Waals surface area contributed by atoms with Crippen LogP contribution in [0.2, 0.25) is 0 Å². The van der Waals surface area contributed by atoms with Gasteiger partial charge in [0.2, 0.25) is 5.91 Å². The molecule has 31 heavy (non-hydrogen) atoms. The van der Waals surface area contributed by atoms with Gasteiger partial charge in [0.15, 0.2) is 0 Å². The van der Waals surface area contributed by atoms with Crippen LogP contribution in [0.15, 0.2) is 73.4 Å². The van der Waals surface area contributed by atoms with E-state index in [-0.39, 0.29) is 23.6 Å². The molecule has 1 unspecified atom stereocenters. The van der Waals surface area contributed by atoms with Crippen LogP contribution in [0.25, 0.3) is 0 Å². The number of carbonyl (C=O) groups is 2. The molecule has 0 aliphatic heterocycles. The van der Waals surface area contributed by atoms with Crippen molar-refractivity contribution in [2.24, 2.45) is 0 Å². The van der Waals surface area contributed by atoms with Crippen molar-refractivity contribution < 1.29 is 9.59 Å². The normalized spacial score (nSPS) is 15.1. The van der Waals surface area contributed by atoms with E-state index in [0.717, 1.165) is 25.7 Å². The van der Waals surface area contributed by atoms with Crippen molar-refractivity contribution in [1.29, 1.82) is 0 Å². The first-order valence-corrected chi connectivity index (χ1v) is 10.6. The maximum atomic E-state index is 13.6. The fourth-order valence-corrected chi connectivity index (χ4v) is 3.98. The minimum Gasteiger partial charge on any atom is -0.351 e. The van der Waals surface area contributed by atoms with Crippen molar-refractivity contribution in [2.45, 2.75) is 44.2 Å². The maximum absolute atomic E-state index is 13.6. The molecule has 1 aliphatic carbocycles. The second-order valence-electron chi connectivity index (χ2n) is 7.63. The third-order valence-electron chi connectivity index (χ3n) is 5.51. The van der Waals surface area contributed by atoms with E-state index >= 15 is 0 Å². The van der Waals surface area contributed by atoms with Crippen LogP contribution in [0.5, 0.6) is 0 Å². The third kappa shape index (κ3) is 4.94. The lowest BCUT2D eigenvalue weighted by molar-refractivity contribution is -0.123. The Balaban J connectivity index is 1.76. The lowest BCUT2D eigenvalue weighted by Gasteiger charge is -2.33. The van der Waals surface area contributed by atoms with Gasteiger partial charge in [-0.1, -0.05) is 25.3 Å². The van der Waals surface area contributed by atoms with Crippen LogP contribution >= 0.6 is 0 Å². The molecule has 7 nitrogen and oxygen atoms in total. The first-order chi connectivity index (χ1) is 15.2. The molecule has 3 aromatic rings. The predicted octanol–water partition coefficient (Wildman–Crippen LogP) is 3.71. The number of amides is 2. The number of hydrogen-bond acceptors (Lipinski definition) is 5. The second-order valence-corrected chi connectivity index (χ2v) is 7.63. The summed E-state index contributed by atoms with van der Waals surface area (Å²) in [6.45, 7) is 0. The average molecular weight is 415 g/mol.